The minimum absolute atomic E-state index is 0.0698. The van der Waals surface area contributed by atoms with E-state index in [0.29, 0.717) is 0 Å². The fourth-order valence-corrected chi connectivity index (χ4v) is 5.71. The Kier molecular flexibility index (Phi) is 5.40. The van der Waals surface area contributed by atoms with Gasteiger partial charge in [-0.25, -0.2) is 15.8 Å². The summed E-state index contributed by atoms with van der Waals surface area (Å²) >= 11 is 0. The molecule has 1 spiro atoms. The van der Waals surface area contributed by atoms with Gasteiger partial charge in [0.25, 0.3) is 0 Å². The molecule has 1 aromatic rings. The zero-order chi connectivity index (χ0) is 21.8. The van der Waals surface area contributed by atoms with Crippen LogP contribution in [-0.2, 0) is 9.53 Å². The molecule has 4 aliphatic heterocycles. The fraction of sp³-hybridized carbons (Fsp3) is 0.714. The molecule has 4 aliphatic rings. The summed E-state index contributed by atoms with van der Waals surface area (Å²) in [5.74, 6) is 0.687. The summed E-state index contributed by atoms with van der Waals surface area (Å²) in [6.45, 7) is 4.60. The van der Waals surface area contributed by atoms with E-state index in [1.54, 1.807) is 6.20 Å². The Morgan fingerprint density at radius 2 is 2.10 bits per heavy atom. The van der Waals surface area contributed by atoms with Gasteiger partial charge in [0.1, 0.15) is 12.1 Å². The Morgan fingerprint density at radius 3 is 2.77 bits per heavy atom. The Morgan fingerprint density at radius 1 is 1.32 bits per heavy atom. The van der Waals surface area contributed by atoms with Crippen molar-refractivity contribution < 1.29 is 9.53 Å². The second-order valence-corrected chi connectivity index (χ2v) is 9.42. The Labute approximate surface area is 183 Å². The summed E-state index contributed by atoms with van der Waals surface area (Å²) in [6.07, 6.45) is 3.59. The van der Waals surface area contributed by atoms with E-state index in [9.17, 15) is 4.79 Å². The van der Waals surface area contributed by atoms with Crippen LogP contribution >= 0.6 is 0 Å². The van der Waals surface area contributed by atoms with Crippen LogP contribution in [0.3, 0.4) is 0 Å². The highest BCUT2D eigenvalue weighted by Crippen LogP contribution is 2.42. The highest BCUT2D eigenvalue weighted by Gasteiger charge is 2.52. The molecule has 1 aromatic heterocycles. The Balaban J connectivity index is 1.28. The number of nitrogens with one attached hydrogen (secondary N) is 4. The molecule has 0 bridgehead atoms. The average Bonchev–Trinajstić information content (AvgIpc) is 3.34. The molecular weight excluding hydrogens is 396 g/mol. The fourth-order valence-electron chi connectivity index (χ4n) is 5.71. The molecule has 10 heteroatoms. The van der Waals surface area contributed by atoms with E-state index in [4.69, 9.17) is 10.5 Å². The van der Waals surface area contributed by atoms with Crippen LogP contribution in [0, 0.1) is 11.3 Å². The third-order valence-corrected chi connectivity index (χ3v) is 7.83. The third kappa shape index (κ3) is 3.42. The molecule has 4 fully saturated rings. The molecule has 1 amide bonds. The number of hydrogen-bond acceptors (Lipinski definition) is 9. The third-order valence-electron chi connectivity index (χ3n) is 7.83. The molecular formula is C21H34N8O2. The van der Waals surface area contributed by atoms with Gasteiger partial charge in [-0.1, -0.05) is 0 Å². The van der Waals surface area contributed by atoms with Crippen LogP contribution in [0.4, 0.5) is 5.82 Å². The number of nitrogens with two attached hydrogens (primary N) is 1. The smallest absolute Gasteiger partial charge is 0.232 e. The monoisotopic (exact) mass is 430 g/mol. The van der Waals surface area contributed by atoms with E-state index in [1.165, 1.54) is 0 Å². The molecule has 0 radical (unpaired) electrons. The van der Waals surface area contributed by atoms with Crippen LogP contribution in [-0.4, -0.2) is 79.1 Å². The summed E-state index contributed by atoms with van der Waals surface area (Å²) in [5, 5.41) is 6.72. The summed E-state index contributed by atoms with van der Waals surface area (Å²) < 4.78 is 5.85. The zero-order valence-corrected chi connectivity index (χ0v) is 18.5. The number of hydrazine groups is 1. The Bertz CT molecular complexity index is 829. The van der Waals surface area contributed by atoms with Gasteiger partial charge in [0.05, 0.1) is 30.8 Å². The average molecular weight is 431 g/mol. The normalized spacial score (nSPS) is 37.9. The van der Waals surface area contributed by atoms with Crippen LogP contribution < -0.4 is 27.2 Å². The summed E-state index contributed by atoms with van der Waals surface area (Å²) in [6, 6.07) is 3.91. The van der Waals surface area contributed by atoms with Crippen molar-refractivity contribution in [1.82, 2.24) is 31.0 Å². The number of likely N-dealkylation sites (tertiary alicyclic amines) is 1. The summed E-state index contributed by atoms with van der Waals surface area (Å²) in [7, 11) is 3.74. The molecule has 4 unspecified atom stereocenters. The number of hydrogen-bond donors (Lipinski definition) is 5. The lowest BCUT2D eigenvalue weighted by Gasteiger charge is -2.49. The first-order chi connectivity index (χ1) is 14.9. The number of ether oxygens (including phenoxy) is 1. The molecule has 170 valence electrons. The number of amides is 1. The summed E-state index contributed by atoms with van der Waals surface area (Å²) in [5.41, 5.74) is 14.2. The van der Waals surface area contributed by atoms with Crippen molar-refractivity contribution in [3.63, 3.8) is 0 Å². The topological polar surface area (TPSA) is 120 Å². The van der Waals surface area contributed by atoms with Gasteiger partial charge in [-0.3, -0.25) is 15.0 Å². The van der Waals surface area contributed by atoms with Crippen molar-refractivity contribution >= 4 is 11.7 Å². The number of pyridine rings is 1. The molecule has 5 heterocycles. The quantitative estimate of drug-likeness (QED) is 0.428. The highest BCUT2D eigenvalue weighted by atomic mass is 16.5. The number of carbonyl (C=O) groups is 1. The zero-order valence-electron chi connectivity index (χ0n) is 18.5. The molecule has 0 saturated carbocycles. The maximum Gasteiger partial charge on any atom is 0.232 e. The van der Waals surface area contributed by atoms with Crippen LogP contribution in [0.15, 0.2) is 18.3 Å². The van der Waals surface area contributed by atoms with Crippen molar-refractivity contribution in [3.05, 3.63) is 23.9 Å². The van der Waals surface area contributed by atoms with Gasteiger partial charge >= 0.3 is 0 Å². The molecule has 6 N–H and O–H groups in total. The van der Waals surface area contributed by atoms with Gasteiger partial charge in [0.15, 0.2) is 0 Å². The lowest BCUT2D eigenvalue weighted by Crippen LogP contribution is -2.70. The second-order valence-electron chi connectivity index (χ2n) is 9.42. The van der Waals surface area contributed by atoms with Crippen molar-refractivity contribution in [1.29, 1.82) is 0 Å². The molecule has 4 saturated heterocycles. The number of anilines is 1. The van der Waals surface area contributed by atoms with Crippen molar-refractivity contribution in [2.45, 2.75) is 50.4 Å². The molecule has 0 aromatic carbocycles. The van der Waals surface area contributed by atoms with Gasteiger partial charge in [0, 0.05) is 44.8 Å². The van der Waals surface area contributed by atoms with Crippen molar-refractivity contribution in [3.8, 4) is 0 Å². The number of rotatable bonds is 3. The first-order valence-corrected chi connectivity index (χ1v) is 11.2. The number of nitrogens with zero attached hydrogens (tertiary/aromatic N) is 3. The summed E-state index contributed by atoms with van der Waals surface area (Å²) in [4.78, 5) is 21.9. The maximum absolute atomic E-state index is 13.5. The van der Waals surface area contributed by atoms with Gasteiger partial charge < -0.3 is 20.7 Å². The van der Waals surface area contributed by atoms with Gasteiger partial charge in [-0.15, -0.1) is 0 Å². The van der Waals surface area contributed by atoms with E-state index in [-0.39, 0.29) is 47.9 Å². The lowest BCUT2D eigenvalue weighted by molar-refractivity contribution is -0.151. The van der Waals surface area contributed by atoms with Crippen molar-refractivity contribution in [2.75, 3.05) is 39.1 Å². The molecule has 10 nitrogen and oxygen atoms in total. The molecule has 6 atom stereocenters. The van der Waals surface area contributed by atoms with Gasteiger partial charge in [-0.05, 0) is 37.5 Å². The molecule has 31 heavy (non-hydrogen) atoms. The predicted molar refractivity (Wildman–Crippen MR) is 116 cm³/mol. The second kappa shape index (κ2) is 7.95. The van der Waals surface area contributed by atoms with E-state index in [2.05, 4.69) is 38.3 Å². The maximum atomic E-state index is 13.5. The molecule has 0 aliphatic carbocycles. The lowest BCUT2D eigenvalue weighted by atomic mass is 9.73. The van der Waals surface area contributed by atoms with Gasteiger partial charge in [0.2, 0.25) is 5.91 Å². The highest BCUT2D eigenvalue weighted by molar-refractivity contribution is 5.82. The largest absolute Gasteiger partial charge is 0.376 e. The Hall–Kier alpha value is -1.82. The SMILES string of the molecule is CNc1cc(C2NNC3NC(N4CCC5(CC4)CO[C@@H](C)[C@H]5N)N(C)C(=O)C32)ccn1. The van der Waals surface area contributed by atoms with Crippen LogP contribution in [0.5, 0.6) is 0 Å². The number of fused-ring (bicyclic) bond motifs is 1. The first kappa shape index (κ1) is 21.0. The van der Waals surface area contributed by atoms with Crippen LogP contribution in [0.25, 0.3) is 0 Å². The van der Waals surface area contributed by atoms with E-state index in [0.717, 1.165) is 43.9 Å². The van der Waals surface area contributed by atoms with Gasteiger partial charge in [-0.2, -0.15) is 0 Å². The molecule has 5 rings (SSSR count). The minimum Gasteiger partial charge on any atom is -0.376 e. The standard InChI is InChI=1S/C21H34N8O2/c1-12-17(22)21(11-31-12)5-8-29(9-6-21)20-25-18-15(19(30)28(20)3)16(26-27-18)13-4-7-24-14(10-13)23-2/h4,7,10,12,15-18,20,25-27H,5-6,8-9,11,22H2,1-3H3,(H,23,24)/t12-,15?,16?,17+,18?,20?/m0/s1. The predicted octanol–water partition coefficient (Wildman–Crippen LogP) is -0.612. The number of piperidine rings is 1. The van der Waals surface area contributed by atoms with Crippen LogP contribution in [0.2, 0.25) is 0 Å². The van der Waals surface area contributed by atoms with E-state index < -0.39 is 0 Å². The van der Waals surface area contributed by atoms with Crippen molar-refractivity contribution in [2.24, 2.45) is 17.1 Å². The first-order valence-electron chi connectivity index (χ1n) is 11.2. The van der Waals surface area contributed by atoms with Crippen LogP contribution in [0.1, 0.15) is 31.4 Å². The number of carbonyl (C=O) groups excluding carboxylic acids is 1. The minimum atomic E-state index is -0.234. The van der Waals surface area contributed by atoms with E-state index >= 15 is 0 Å². The number of aromatic nitrogens is 1. The van der Waals surface area contributed by atoms with E-state index in [1.807, 2.05) is 31.1 Å².